The van der Waals surface area contributed by atoms with Gasteiger partial charge in [-0.15, -0.1) is 0 Å². The third-order valence-corrected chi connectivity index (χ3v) is 3.12. The molecule has 1 rings (SSSR count). The Morgan fingerprint density at radius 1 is 1.00 bits per heavy atom. The van der Waals surface area contributed by atoms with E-state index in [-0.39, 0.29) is 11.0 Å². The first-order chi connectivity index (χ1) is 8.59. The molecule has 0 spiro atoms. The first-order valence-electron chi connectivity index (χ1n) is 6.78. The summed E-state index contributed by atoms with van der Waals surface area (Å²) in [5.74, 6) is -1.54. The highest BCUT2D eigenvalue weighted by Crippen LogP contribution is 2.26. The molecule has 1 aromatic rings. The fourth-order valence-electron chi connectivity index (χ4n) is 2.07. The lowest BCUT2D eigenvalue weighted by atomic mass is 9.82. The number of hydrogen-bond acceptors (Lipinski definition) is 1. The van der Waals surface area contributed by atoms with Crippen molar-refractivity contribution in [2.24, 2.45) is 5.41 Å². The average molecular weight is 269 g/mol. The van der Waals surface area contributed by atoms with Crippen molar-refractivity contribution in [3.05, 3.63) is 35.4 Å². The highest BCUT2D eigenvalue weighted by molar-refractivity contribution is 5.19. The first-order valence-corrected chi connectivity index (χ1v) is 6.78. The van der Waals surface area contributed by atoms with E-state index in [9.17, 15) is 8.78 Å². The van der Waals surface area contributed by atoms with Crippen LogP contribution in [0.1, 0.15) is 46.6 Å². The Bertz CT molecular complexity index is 419. The van der Waals surface area contributed by atoms with Crippen molar-refractivity contribution in [2.75, 3.05) is 6.54 Å². The molecular weight excluding hydrogens is 244 g/mol. The van der Waals surface area contributed by atoms with Gasteiger partial charge in [0.05, 0.1) is 0 Å². The summed E-state index contributed by atoms with van der Waals surface area (Å²) in [7, 11) is 0. The van der Waals surface area contributed by atoms with Crippen LogP contribution in [0.25, 0.3) is 0 Å². The Labute approximate surface area is 115 Å². The molecule has 0 bridgehead atoms. The molecule has 1 N–H and O–H groups in total. The molecule has 0 amide bonds. The fraction of sp³-hybridized carbons (Fsp3) is 0.625. The zero-order chi connectivity index (χ0) is 14.7. The van der Waals surface area contributed by atoms with Gasteiger partial charge < -0.3 is 5.32 Å². The van der Waals surface area contributed by atoms with E-state index in [0.29, 0.717) is 0 Å². The van der Waals surface area contributed by atoms with Gasteiger partial charge in [0.1, 0.15) is 0 Å². The molecular formula is C16H25F2N. The third kappa shape index (κ3) is 6.15. The normalized spacial score (nSPS) is 12.8. The molecule has 0 aromatic heterocycles. The molecule has 0 fully saturated rings. The van der Waals surface area contributed by atoms with Crippen LogP contribution in [0.4, 0.5) is 8.78 Å². The molecule has 0 heterocycles. The van der Waals surface area contributed by atoms with Gasteiger partial charge >= 0.3 is 0 Å². The molecule has 0 radical (unpaired) electrons. The van der Waals surface area contributed by atoms with E-state index in [2.05, 4.69) is 39.9 Å². The van der Waals surface area contributed by atoms with E-state index in [1.165, 1.54) is 12.1 Å². The van der Waals surface area contributed by atoms with Crippen molar-refractivity contribution < 1.29 is 8.78 Å². The van der Waals surface area contributed by atoms with Gasteiger partial charge in [-0.1, -0.05) is 19.9 Å². The minimum Gasteiger partial charge on any atom is -0.312 e. The summed E-state index contributed by atoms with van der Waals surface area (Å²) in [6.07, 6.45) is 1.74. The van der Waals surface area contributed by atoms with Crippen LogP contribution in [-0.2, 0) is 6.42 Å². The molecule has 0 aliphatic rings. The number of nitrogens with one attached hydrogen (secondary N) is 1. The maximum atomic E-state index is 13.2. The smallest absolute Gasteiger partial charge is 0.159 e. The van der Waals surface area contributed by atoms with Gasteiger partial charge in [-0.25, -0.2) is 8.78 Å². The average Bonchev–Trinajstić information content (AvgIpc) is 2.20. The molecule has 0 atom stereocenters. The Morgan fingerprint density at radius 2 is 1.63 bits per heavy atom. The quantitative estimate of drug-likeness (QED) is 0.839. The van der Waals surface area contributed by atoms with Crippen molar-refractivity contribution in [2.45, 2.75) is 53.0 Å². The molecule has 0 unspecified atom stereocenters. The number of benzene rings is 1. The molecule has 3 heteroatoms. The third-order valence-electron chi connectivity index (χ3n) is 3.12. The van der Waals surface area contributed by atoms with Gasteiger partial charge in [-0.05, 0) is 63.3 Å². The number of hydrogen-bond donors (Lipinski definition) is 1. The first kappa shape index (κ1) is 16.1. The molecule has 0 saturated heterocycles. The second kappa shape index (κ2) is 6.00. The largest absolute Gasteiger partial charge is 0.312 e. The maximum Gasteiger partial charge on any atom is 0.159 e. The zero-order valence-electron chi connectivity index (χ0n) is 12.6. The molecule has 108 valence electrons. The Balaban J connectivity index is 2.56. The van der Waals surface area contributed by atoms with E-state index < -0.39 is 11.6 Å². The summed E-state index contributed by atoms with van der Waals surface area (Å²) in [6.45, 7) is 11.6. The summed E-state index contributed by atoms with van der Waals surface area (Å²) >= 11 is 0. The Morgan fingerprint density at radius 3 is 2.16 bits per heavy atom. The summed E-state index contributed by atoms with van der Waals surface area (Å²) < 4.78 is 26.1. The standard InChI is InChI=1S/C16H25F2N/c1-15(2,3)19-9-8-16(4,5)11-12-6-7-13(17)14(18)10-12/h6-7,10,19H,8-9,11H2,1-5H3. The van der Waals surface area contributed by atoms with Gasteiger partial charge in [0, 0.05) is 5.54 Å². The Kier molecular flexibility index (Phi) is 5.08. The zero-order valence-corrected chi connectivity index (χ0v) is 12.6. The fourth-order valence-corrected chi connectivity index (χ4v) is 2.07. The molecule has 0 aliphatic heterocycles. The highest BCUT2D eigenvalue weighted by Gasteiger charge is 2.20. The van der Waals surface area contributed by atoms with Crippen LogP contribution in [0.3, 0.4) is 0 Å². The molecule has 0 saturated carbocycles. The predicted molar refractivity (Wildman–Crippen MR) is 76.2 cm³/mol. The lowest BCUT2D eigenvalue weighted by Gasteiger charge is -2.28. The van der Waals surface area contributed by atoms with Crippen molar-refractivity contribution in [3.8, 4) is 0 Å². The molecule has 1 aromatic carbocycles. The minimum atomic E-state index is -0.782. The lowest BCUT2D eigenvalue weighted by Crippen LogP contribution is -2.38. The van der Waals surface area contributed by atoms with Crippen molar-refractivity contribution in [1.29, 1.82) is 0 Å². The van der Waals surface area contributed by atoms with Gasteiger partial charge in [0.2, 0.25) is 0 Å². The topological polar surface area (TPSA) is 12.0 Å². The summed E-state index contributed by atoms with van der Waals surface area (Å²) in [4.78, 5) is 0. The van der Waals surface area contributed by atoms with E-state index in [0.717, 1.165) is 24.9 Å². The van der Waals surface area contributed by atoms with Crippen LogP contribution in [0, 0.1) is 17.0 Å². The Hall–Kier alpha value is -0.960. The van der Waals surface area contributed by atoms with Gasteiger partial charge in [-0.2, -0.15) is 0 Å². The van der Waals surface area contributed by atoms with Gasteiger partial charge in [-0.3, -0.25) is 0 Å². The maximum absolute atomic E-state index is 13.2. The molecule has 19 heavy (non-hydrogen) atoms. The summed E-state index contributed by atoms with van der Waals surface area (Å²) in [6, 6.07) is 4.17. The van der Waals surface area contributed by atoms with E-state index in [1.807, 2.05) is 0 Å². The van der Waals surface area contributed by atoms with Crippen molar-refractivity contribution in [1.82, 2.24) is 5.32 Å². The van der Waals surface area contributed by atoms with Gasteiger partial charge in [0.15, 0.2) is 11.6 Å². The van der Waals surface area contributed by atoms with Crippen LogP contribution < -0.4 is 5.32 Å². The predicted octanol–water partition coefficient (Wildman–Crippen LogP) is 4.31. The summed E-state index contributed by atoms with van der Waals surface area (Å²) in [5.41, 5.74) is 1.01. The van der Waals surface area contributed by atoms with E-state index in [1.54, 1.807) is 6.07 Å². The highest BCUT2D eigenvalue weighted by atomic mass is 19.2. The minimum absolute atomic E-state index is 0.0581. The van der Waals surface area contributed by atoms with Crippen molar-refractivity contribution in [3.63, 3.8) is 0 Å². The van der Waals surface area contributed by atoms with E-state index >= 15 is 0 Å². The monoisotopic (exact) mass is 269 g/mol. The lowest BCUT2D eigenvalue weighted by molar-refractivity contribution is 0.302. The van der Waals surface area contributed by atoms with E-state index in [4.69, 9.17) is 0 Å². The van der Waals surface area contributed by atoms with Crippen LogP contribution in [0.2, 0.25) is 0 Å². The number of rotatable bonds is 5. The van der Waals surface area contributed by atoms with Crippen molar-refractivity contribution >= 4 is 0 Å². The second-order valence-electron chi connectivity index (χ2n) is 7.02. The molecule has 1 nitrogen and oxygen atoms in total. The SMILES string of the molecule is CC(C)(CCNC(C)(C)C)Cc1ccc(F)c(F)c1. The summed E-state index contributed by atoms with van der Waals surface area (Å²) in [5, 5.41) is 3.45. The molecule has 0 aliphatic carbocycles. The van der Waals surface area contributed by atoms with Crippen LogP contribution in [0.15, 0.2) is 18.2 Å². The van der Waals surface area contributed by atoms with Crippen LogP contribution >= 0.6 is 0 Å². The van der Waals surface area contributed by atoms with Crippen LogP contribution in [-0.4, -0.2) is 12.1 Å². The second-order valence-corrected chi connectivity index (χ2v) is 7.02. The number of halogens is 2. The van der Waals surface area contributed by atoms with Gasteiger partial charge in [0.25, 0.3) is 0 Å². The van der Waals surface area contributed by atoms with Crippen LogP contribution in [0.5, 0.6) is 0 Å².